The van der Waals surface area contributed by atoms with E-state index in [-0.39, 0.29) is 23.8 Å². The molecule has 0 amide bonds. The van der Waals surface area contributed by atoms with E-state index in [1.54, 1.807) is 0 Å². The number of carboxylic acids is 1. The number of phenols is 2. The largest absolute Gasteiger partial charge is 0.508 e. The van der Waals surface area contributed by atoms with Crippen LogP contribution >= 0.6 is 0 Å². The maximum atomic E-state index is 10.7. The van der Waals surface area contributed by atoms with Crippen LogP contribution in [0.15, 0.2) is 35.4 Å². The van der Waals surface area contributed by atoms with Crippen LogP contribution in [-0.4, -0.2) is 21.3 Å². The van der Waals surface area contributed by atoms with E-state index in [9.17, 15) is 15.0 Å². The van der Waals surface area contributed by atoms with E-state index in [1.165, 1.54) is 11.1 Å². The first-order valence-electron chi connectivity index (χ1n) is 11.8. The molecule has 0 heterocycles. The number of aliphatic carboxylic acids is 1. The molecule has 4 nitrogen and oxygen atoms in total. The molecule has 0 radical (unpaired) electrons. The summed E-state index contributed by atoms with van der Waals surface area (Å²) in [6.07, 6.45) is 13.7. The number of allylic oxidation sites excluding steroid dienone is 4. The minimum Gasteiger partial charge on any atom is -0.508 e. The number of phenolic OH excluding ortho intramolecular Hbond substituents is 2. The van der Waals surface area contributed by atoms with Crippen molar-refractivity contribution in [2.45, 2.75) is 104 Å². The van der Waals surface area contributed by atoms with E-state index in [0.717, 1.165) is 56.9 Å². The second-order valence-corrected chi connectivity index (χ2v) is 8.94. The second-order valence-electron chi connectivity index (χ2n) is 8.94. The normalized spacial score (nSPS) is 12.6. The zero-order valence-corrected chi connectivity index (χ0v) is 19.9. The Morgan fingerprint density at radius 2 is 1.58 bits per heavy atom. The van der Waals surface area contributed by atoms with Crippen LogP contribution in [0.25, 0.3) is 0 Å². The van der Waals surface area contributed by atoms with Crippen molar-refractivity contribution in [1.29, 1.82) is 0 Å². The Morgan fingerprint density at radius 3 is 2.16 bits per heavy atom. The zero-order chi connectivity index (χ0) is 23.2. The molecule has 0 aromatic heterocycles. The van der Waals surface area contributed by atoms with Crippen molar-refractivity contribution >= 4 is 5.97 Å². The Kier molecular flexibility index (Phi) is 12.7. The fourth-order valence-corrected chi connectivity index (χ4v) is 3.85. The number of rotatable bonds is 15. The molecule has 0 saturated heterocycles. The number of carbonyl (C=O) groups is 1. The lowest BCUT2D eigenvalue weighted by Gasteiger charge is -2.19. The van der Waals surface area contributed by atoms with E-state index in [0.29, 0.717) is 18.4 Å². The maximum Gasteiger partial charge on any atom is 0.303 e. The second kappa shape index (κ2) is 14.7. The summed E-state index contributed by atoms with van der Waals surface area (Å²) in [4.78, 5) is 10.7. The van der Waals surface area contributed by atoms with Gasteiger partial charge in [0.25, 0.3) is 0 Å². The van der Waals surface area contributed by atoms with Crippen LogP contribution in [0.1, 0.15) is 109 Å². The van der Waals surface area contributed by atoms with Crippen LogP contribution in [-0.2, 0) is 11.2 Å². The minimum absolute atomic E-state index is 0.163. The van der Waals surface area contributed by atoms with Crippen molar-refractivity contribution in [3.8, 4) is 11.5 Å². The first-order valence-corrected chi connectivity index (χ1v) is 11.8. The van der Waals surface area contributed by atoms with Gasteiger partial charge in [-0.25, -0.2) is 0 Å². The average molecular weight is 431 g/mol. The lowest BCUT2D eigenvalue weighted by molar-refractivity contribution is -0.137. The number of unbranched alkanes of at least 4 members (excludes halogenated alkanes) is 3. The average Bonchev–Trinajstić information content (AvgIpc) is 2.68. The predicted octanol–water partition coefficient (Wildman–Crippen LogP) is 7.64. The summed E-state index contributed by atoms with van der Waals surface area (Å²) in [7, 11) is 0. The third kappa shape index (κ3) is 11.1. The Labute approximate surface area is 188 Å². The molecule has 1 unspecified atom stereocenters. The van der Waals surface area contributed by atoms with Crippen LogP contribution in [0.2, 0.25) is 0 Å². The van der Waals surface area contributed by atoms with Crippen molar-refractivity contribution in [2.75, 3.05) is 0 Å². The Morgan fingerprint density at radius 1 is 0.935 bits per heavy atom. The first kappa shape index (κ1) is 26.8. The van der Waals surface area contributed by atoms with Crippen LogP contribution in [0.4, 0.5) is 0 Å². The Balaban J connectivity index is 2.81. The van der Waals surface area contributed by atoms with Gasteiger partial charge in [-0.2, -0.15) is 0 Å². The van der Waals surface area contributed by atoms with Gasteiger partial charge in [-0.1, -0.05) is 55.9 Å². The zero-order valence-electron chi connectivity index (χ0n) is 19.9. The van der Waals surface area contributed by atoms with Gasteiger partial charge in [0.05, 0.1) is 0 Å². The molecule has 0 aliphatic heterocycles. The molecule has 1 aromatic carbocycles. The van der Waals surface area contributed by atoms with Gasteiger partial charge < -0.3 is 15.3 Å². The summed E-state index contributed by atoms with van der Waals surface area (Å²) in [5.41, 5.74) is 4.14. The molecule has 0 fully saturated rings. The molecular weight excluding hydrogens is 388 g/mol. The van der Waals surface area contributed by atoms with Gasteiger partial charge in [-0.3, -0.25) is 4.79 Å². The van der Waals surface area contributed by atoms with Crippen molar-refractivity contribution in [1.82, 2.24) is 0 Å². The SMILES string of the molecule is CCCCC(CCCCCC(=O)O)c1cc(O)c(CC=C(C)CCC=C(C)C)c(O)c1. The summed E-state index contributed by atoms with van der Waals surface area (Å²) in [6.45, 7) is 8.45. The molecule has 0 bridgehead atoms. The number of hydrogen-bond acceptors (Lipinski definition) is 3. The maximum absolute atomic E-state index is 10.7. The third-order valence-electron chi connectivity index (χ3n) is 5.79. The van der Waals surface area contributed by atoms with Crippen molar-refractivity contribution < 1.29 is 20.1 Å². The Bertz CT molecular complexity index is 719. The van der Waals surface area contributed by atoms with Crippen LogP contribution in [0, 0.1) is 0 Å². The monoisotopic (exact) mass is 430 g/mol. The topological polar surface area (TPSA) is 77.8 Å². The molecule has 4 heteroatoms. The van der Waals surface area contributed by atoms with Crippen LogP contribution in [0.5, 0.6) is 11.5 Å². The molecule has 0 aliphatic carbocycles. The lowest BCUT2D eigenvalue weighted by atomic mass is 9.87. The summed E-state index contributed by atoms with van der Waals surface area (Å²) in [5.74, 6) is -0.141. The number of carboxylic acid groups (broad SMARTS) is 1. The van der Waals surface area contributed by atoms with Gasteiger partial charge in [-0.05, 0) is 82.9 Å². The summed E-state index contributed by atoms with van der Waals surface area (Å²) in [6, 6.07) is 3.64. The highest BCUT2D eigenvalue weighted by Gasteiger charge is 2.16. The third-order valence-corrected chi connectivity index (χ3v) is 5.79. The molecule has 1 aromatic rings. The van der Waals surface area contributed by atoms with Gasteiger partial charge in [0.1, 0.15) is 11.5 Å². The van der Waals surface area contributed by atoms with Gasteiger partial charge in [0.15, 0.2) is 0 Å². The molecule has 0 saturated carbocycles. The lowest BCUT2D eigenvalue weighted by Crippen LogP contribution is -2.01. The fourth-order valence-electron chi connectivity index (χ4n) is 3.85. The molecule has 31 heavy (non-hydrogen) atoms. The standard InChI is InChI=1S/C27H42O4/c1-5-6-13-22(14-8-7-9-15-27(30)31)23-18-25(28)24(26(29)19-23)17-16-21(4)12-10-11-20(2)3/h11,16,18-19,22,28-29H,5-10,12-15,17H2,1-4H3,(H,30,31). The quantitative estimate of drug-likeness (QED) is 0.197. The highest BCUT2D eigenvalue weighted by Crippen LogP contribution is 2.36. The van der Waals surface area contributed by atoms with E-state index < -0.39 is 5.97 Å². The summed E-state index contributed by atoms with van der Waals surface area (Å²) < 4.78 is 0. The first-order chi connectivity index (χ1) is 14.7. The van der Waals surface area contributed by atoms with Crippen molar-refractivity contribution in [3.63, 3.8) is 0 Å². The summed E-state index contributed by atoms with van der Waals surface area (Å²) in [5, 5.41) is 30.0. The summed E-state index contributed by atoms with van der Waals surface area (Å²) >= 11 is 0. The van der Waals surface area contributed by atoms with Crippen molar-refractivity contribution in [2.24, 2.45) is 0 Å². The smallest absolute Gasteiger partial charge is 0.303 e. The van der Waals surface area contributed by atoms with E-state index in [4.69, 9.17) is 5.11 Å². The predicted molar refractivity (Wildman–Crippen MR) is 129 cm³/mol. The molecule has 0 spiro atoms. The van der Waals surface area contributed by atoms with Crippen LogP contribution in [0.3, 0.4) is 0 Å². The molecule has 1 atom stereocenters. The van der Waals surface area contributed by atoms with E-state index in [1.807, 2.05) is 12.1 Å². The fraction of sp³-hybridized carbons (Fsp3) is 0.593. The van der Waals surface area contributed by atoms with Crippen LogP contribution < -0.4 is 0 Å². The van der Waals surface area contributed by atoms with Crippen molar-refractivity contribution in [3.05, 3.63) is 46.6 Å². The van der Waals surface area contributed by atoms with E-state index >= 15 is 0 Å². The molecule has 1 rings (SSSR count). The van der Waals surface area contributed by atoms with E-state index in [2.05, 4.69) is 39.8 Å². The molecule has 174 valence electrons. The van der Waals surface area contributed by atoms with Gasteiger partial charge in [-0.15, -0.1) is 0 Å². The number of hydrogen-bond donors (Lipinski definition) is 3. The molecular formula is C27H42O4. The number of benzene rings is 1. The highest BCUT2D eigenvalue weighted by atomic mass is 16.4. The number of aromatic hydroxyl groups is 2. The molecule has 3 N–H and O–H groups in total. The van der Waals surface area contributed by atoms with Gasteiger partial charge >= 0.3 is 5.97 Å². The Hall–Kier alpha value is -2.23. The van der Waals surface area contributed by atoms with Gasteiger partial charge in [0, 0.05) is 12.0 Å². The van der Waals surface area contributed by atoms with Gasteiger partial charge in [0.2, 0.25) is 0 Å². The minimum atomic E-state index is -0.741. The molecule has 0 aliphatic rings. The highest BCUT2D eigenvalue weighted by molar-refractivity contribution is 5.66.